The van der Waals surface area contributed by atoms with Crippen molar-refractivity contribution < 1.29 is 18.7 Å². The largest absolute Gasteiger partial charge is 0.481 e. The quantitative estimate of drug-likeness (QED) is 0.417. The standard InChI is InChI=1S/C27H28ClFN2O3/c1-2-16-30-27(33)24(17-20-10-4-3-5-11-20)31(18-21-12-6-7-13-22(21)28)26(32)19-34-25-15-9-8-14-23(25)29/h3-15,24H,2,16-19H2,1H3,(H,30,33)/t24-/m1/s1. The molecule has 0 aliphatic rings. The van der Waals surface area contributed by atoms with Gasteiger partial charge in [0.2, 0.25) is 5.91 Å². The molecule has 0 heterocycles. The number of hydrogen-bond donors (Lipinski definition) is 1. The number of carbonyl (C=O) groups excluding carboxylic acids is 2. The molecule has 34 heavy (non-hydrogen) atoms. The van der Waals surface area contributed by atoms with Gasteiger partial charge in [0.05, 0.1) is 0 Å². The van der Waals surface area contributed by atoms with Gasteiger partial charge in [0.15, 0.2) is 18.2 Å². The van der Waals surface area contributed by atoms with Gasteiger partial charge in [-0.1, -0.05) is 79.2 Å². The molecule has 0 aliphatic carbocycles. The summed E-state index contributed by atoms with van der Waals surface area (Å²) in [6.45, 7) is 2.14. The van der Waals surface area contributed by atoms with Crippen molar-refractivity contribution in [1.82, 2.24) is 10.2 Å². The van der Waals surface area contributed by atoms with E-state index in [4.69, 9.17) is 16.3 Å². The van der Waals surface area contributed by atoms with E-state index in [0.29, 0.717) is 23.6 Å². The Morgan fingerprint density at radius 1 is 1.00 bits per heavy atom. The topological polar surface area (TPSA) is 58.6 Å². The molecule has 0 radical (unpaired) electrons. The zero-order chi connectivity index (χ0) is 24.3. The van der Waals surface area contributed by atoms with Crippen LogP contribution in [0.25, 0.3) is 0 Å². The van der Waals surface area contributed by atoms with E-state index in [2.05, 4.69) is 5.32 Å². The van der Waals surface area contributed by atoms with E-state index < -0.39 is 24.4 Å². The number of ether oxygens (including phenoxy) is 1. The average Bonchev–Trinajstić information content (AvgIpc) is 2.85. The van der Waals surface area contributed by atoms with Crippen LogP contribution in [0.2, 0.25) is 5.02 Å². The van der Waals surface area contributed by atoms with Crippen LogP contribution in [0.1, 0.15) is 24.5 Å². The van der Waals surface area contributed by atoms with Crippen molar-refractivity contribution in [3.8, 4) is 5.75 Å². The predicted octanol–water partition coefficient (Wildman–Crippen LogP) is 5.02. The molecule has 0 aliphatic heterocycles. The minimum Gasteiger partial charge on any atom is -0.481 e. The van der Waals surface area contributed by atoms with Crippen LogP contribution >= 0.6 is 11.6 Å². The van der Waals surface area contributed by atoms with Crippen LogP contribution < -0.4 is 10.1 Å². The third-order valence-electron chi connectivity index (χ3n) is 5.31. The molecule has 1 N–H and O–H groups in total. The van der Waals surface area contributed by atoms with Crippen molar-refractivity contribution >= 4 is 23.4 Å². The molecule has 0 spiro atoms. The van der Waals surface area contributed by atoms with Gasteiger partial charge in [-0.25, -0.2) is 4.39 Å². The fourth-order valence-corrected chi connectivity index (χ4v) is 3.71. The van der Waals surface area contributed by atoms with Gasteiger partial charge in [-0.2, -0.15) is 0 Å². The molecule has 0 aromatic heterocycles. The summed E-state index contributed by atoms with van der Waals surface area (Å²) in [6.07, 6.45) is 1.07. The Balaban J connectivity index is 1.91. The number of halogens is 2. The fraction of sp³-hybridized carbons (Fsp3) is 0.259. The lowest BCUT2D eigenvalue weighted by Crippen LogP contribution is -2.51. The molecular formula is C27H28ClFN2O3. The summed E-state index contributed by atoms with van der Waals surface area (Å²) in [4.78, 5) is 28.1. The molecule has 0 saturated carbocycles. The highest BCUT2D eigenvalue weighted by Crippen LogP contribution is 2.21. The van der Waals surface area contributed by atoms with Gasteiger partial charge in [0, 0.05) is 24.5 Å². The SMILES string of the molecule is CCCNC(=O)[C@@H](Cc1ccccc1)N(Cc1ccccc1Cl)C(=O)COc1ccccc1F. The molecule has 0 unspecified atom stereocenters. The summed E-state index contributed by atoms with van der Waals surface area (Å²) >= 11 is 6.38. The Bertz CT molecular complexity index is 1090. The van der Waals surface area contributed by atoms with Crippen LogP contribution in [0.4, 0.5) is 4.39 Å². The van der Waals surface area contributed by atoms with Crippen LogP contribution in [0, 0.1) is 5.82 Å². The monoisotopic (exact) mass is 482 g/mol. The predicted molar refractivity (Wildman–Crippen MR) is 131 cm³/mol. The number of para-hydroxylation sites is 1. The maximum absolute atomic E-state index is 14.0. The first-order valence-electron chi connectivity index (χ1n) is 11.2. The molecule has 7 heteroatoms. The third-order valence-corrected chi connectivity index (χ3v) is 5.68. The number of rotatable bonds is 11. The number of carbonyl (C=O) groups is 2. The van der Waals surface area contributed by atoms with E-state index in [-0.39, 0.29) is 18.2 Å². The van der Waals surface area contributed by atoms with Crippen molar-refractivity contribution in [3.05, 3.63) is 101 Å². The van der Waals surface area contributed by atoms with E-state index >= 15 is 0 Å². The molecule has 3 aromatic carbocycles. The first kappa shape index (κ1) is 25.2. The first-order valence-corrected chi connectivity index (χ1v) is 11.6. The smallest absolute Gasteiger partial charge is 0.261 e. The number of nitrogens with one attached hydrogen (secondary N) is 1. The Morgan fingerprint density at radius 3 is 2.38 bits per heavy atom. The summed E-state index contributed by atoms with van der Waals surface area (Å²) in [5.74, 6) is -1.30. The number of hydrogen-bond acceptors (Lipinski definition) is 3. The van der Waals surface area contributed by atoms with Crippen molar-refractivity contribution in [3.63, 3.8) is 0 Å². The number of benzene rings is 3. The maximum atomic E-state index is 14.0. The summed E-state index contributed by atoms with van der Waals surface area (Å²) < 4.78 is 19.5. The molecule has 3 aromatic rings. The highest BCUT2D eigenvalue weighted by atomic mass is 35.5. The molecule has 178 valence electrons. The van der Waals surface area contributed by atoms with Gasteiger partial charge in [-0.3, -0.25) is 9.59 Å². The number of nitrogens with zero attached hydrogens (tertiary/aromatic N) is 1. The van der Waals surface area contributed by atoms with Gasteiger partial charge < -0.3 is 15.0 Å². The van der Waals surface area contributed by atoms with E-state index in [9.17, 15) is 14.0 Å². The van der Waals surface area contributed by atoms with Crippen LogP contribution in [-0.2, 0) is 22.6 Å². The van der Waals surface area contributed by atoms with Crippen LogP contribution in [0.3, 0.4) is 0 Å². The van der Waals surface area contributed by atoms with Crippen molar-refractivity contribution in [2.24, 2.45) is 0 Å². The lowest BCUT2D eigenvalue weighted by Gasteiger charge is -2.31. The van der Waals surface area contributed by atoms with Crippen molar-refractivity contribution in [2.45, 2.75) is 32.4 Å². The molecule has 3 rings (SSSR count). The van der Waals surface area contributed by atoms with E-state index in [1.54, 1.807) is 24.3 Å². The highest BCUT2D eigenvalue weighted by Gasteiger charge is 2.31. The van der Waals surface area contributed by atoms with Crippen LogP contribution in [-0.4, -0.2) is 35.9 Å². The normalized spacial score (nSPS) is 11.5. The highest BCUT2D eigenvalue weighted by molar-refractivity contribution is 6.31. The minimum atomic E-state index is -0.804. The van der Waals surface area contributed by atoms with E-state index in [1.807, 2.05) is 49.4 Å². The van der Waals surface area contributed by atoms with Crippen LogP contribution in [0.15, 0.2) is 78.9 Å². The fourth-order valence-electron chi connectivity index (χ4n) is 3.51. The van der Waals surface area contributed by atoms with Crippen molar-refractivity contribution in [1.29, 1.82) is 0 Å². The van der Waals surface area contributed by atoms with E-state index in [0.717, 1.165) is 12.0 Å². The number of amides is 2. The zero-order valence-corrected chi connectivity index (χ0v) is 19.8. The Hall–Kier alpha value is -3.38. The molecule has 0 saturated heterocycles. The lowest BCUT2D eigenvalue weighted by atomic mass is 10.0. The Labute approximate surface area is 204 Å². The first-order chi connectivity index (χ1) is 16.5. The molecule has 5 nitrogen and oxygen atoms in total. The van der Waals surface area contributed by atoms with Gasteiger partial charge in [-0.05, 0) is 35.7 Å². The van der Waals surface area contributed by atoms with Gasteiger partial charge in [-0.15, -0.1) is 0 Å². The second kappa shape index (κ2) is 12.8. The molecule has 0 bridgehead atoms. The summed E-state index contributed by atoms with van der Waals surface area (Å²) in [6, 6.07) is 21.7. The summed E-state index contributed by atoms with van der Waals surface area (Å²) in [5, 5.41) is 3.39. The van der Waals surface area contributed by atoms with Crippen LogP contribution in [0.5, 0.6) is 5.75 Å². The minimum absolute atomic E-state index is 0.0245. The molecule has 0 fully saturated rings. The summed E-state index contributed by atoms with van der Waals surface area (Å²) in [7, 11) is 0. The molecular weight excluding hydrogens is 455 g/mol. The molecule has 2 amide bonds. The Morgan fingerprint density at radius 2 is 1.68 bits per heavy atom. The second-order valence-corrected chi connectivity index (χ2v) is 8.24. The van der Waals surface area contributed by atoms with E-state index in [1.165, 1.54) is 17.0 Å². The Kier molecular flexibility index (Phi) is 9.47. The maximum Gasteiger partial charge on any atom is 0.261 e. The average molecular weight is 483 g/mol. The second-order valence-electron chi connectivity index (χ2n) is 7.83. The van der Waals surface area contributed by atoms with Gasteiger partial charge in [0.1, 0.15) is 6.04 Å². The summed E-state index contributed by atoms with van der Waals surface area (Å²) in [5.41, 5.74) is 1.61. The zero-order valence-electron chi connectivity index (χ0n) is 19.0. The third kappa shape index (κ3) is 7.06. The van der Waals surface area contributed by atoms with Gasteiger partial charge >= 0.3 is 0 Å². The van der Waals surface area contributed by atoms with Crippen molar-refractivity contribution in [2.75, 3.05) is 13.2 Å². The molecule has 1 atom stereocenters. The van der Waals surface area contributed by atoms with Gasteiger partial charge in [0.25, 0.3) is 5.91 Å². The lowest BCUT2D eigenvalue weighted by molar-refractivity contribution is -0.142.